The summed E-state index contributed by atoms with van der Waals surface area (Å²) in [6.45, 7) is 0.936. The molecule has 2 heterocycles. The van der Waals surface area contributed by atoms with E-state index in [0.29, 0.717) is 18.2 Å². The number of rotatable bonds is 3. The number of nitrogens with zero attached hydrogens (tertiary/aromatic N) is 2. The van der Waals surface area contributed by atoms with Gasteiger partial charge in [0.05, 0.1) is 12.3 Å². The monoisotopic (exact) mass is 261 g/mol. The van der Waals surface area contributed by atoms with Crippen LogP contribution in [0.5, 0.6) is 0 Å². The zero-order valence-electron chi connectivity index (χ0n) is 11.6. The first-order valence-electron chi connectivity index (χ1n) is 7.71. The van der Waals surface area contributed by atoms with Crippen LogP contribution in [0.2, 0.25) is 0 Å². The van der Waals surface area contributed by atoms with Gasteiger partial charge in [0.1, 0.15) is 0 Å². The Hall–Kier alpha value is -0.870. The molecule has 1 aromatic heterocycles. The Morgan fingerprint density at radius 2 is 2.21 bits per heavy atom. The van der Waals surface area contributed by atoms with Crippen molar-refractivity contribution in [1.82, 2.24) is 15.1 Å². The Morgan fingerprint density at radius 3 is 3.05 bits per heavy atom. The van der Waals surface area contributed by atoms with Crippen molar-refractivity contribution in [3.8, 4) is 0 Å². The Bertz CT molecular complexity index is 466. The number of nitrogens with one attached hydrogen (secondary N) is 1. The summed E-state index contributed by atoms with van der Waals surface area (Å²) in [6.07, 6.45) is 10.1. The molecule has 1 aromatic rings. The number of hydrogen-bond donors (Lipinski definition) is 1. The lowest BCUT2D eigenvalue weighted by atomic mass is 9.91. The minimum Gasteiger partial charge on any atom is -0.376 e. The minimum atomic E-state index is 0.474. The zero-order valence-corrected chi connectivity index (χ0v) is 11.6. The highest BCUT2D eigenvalue weighted by atomic mass is 16.5. The summed E-state index contributed by atoms with van der Waals surface area (Å²) in [6, 6.07) is 1.05. The molecule has 3 aliphatic rings. The third-order valence-corrected chi connectivity index (χ3v) is 5.01. The number of fused-ring (bicyclic) bond motifs is 1. The fraction of sp³-hybridized carbons (Fsp3) is 0.800. The van der Waals surface area contributed by atoms with Crippen LogP contribution >= 0.6 is 0 Å². The SMILES string of the molecule is Cn1ncc2c1CCCC2NC1CCOC1C1CC1. The van der Waals surface area contributed by atoms with Crippen LogP contribution in [0.25, 0.3) is 0 Å². The predicted molar refractivity (Wildman–Crippen MR) is 72.9 cm³/mol. The number of ether oxygens (including phenoxy) is 1. The number of aryl methyl sites for hydroxylation is 1. The van der Waals surface area contributed by atoms with Crippen molar-refractivity contribution in [2.24, 2.45) is 13.0 Å². The maximum atomic E-state index is 5.94. The van der Waals surface area contributed by atoms with Crippen LogP contribution in [-0.4, -0.2) is 28.5 Å². The lowest BCUT2D eigenvalue weighted by Gasteiger charge is -2.29. The zero-order chi connectivity index (χ0) is 12.8. The molecule has 0 spiro atoms. The van der Waals surface area contributed by atoms with Crippen molar-refractivity contribution >= 4 is 0 Å². The van der Waals surface area contributed by atoms with Crippen LogP contribution in [0.1, 0.15) is 49.4 Å². The summed E-state index contributed by atoms with van der Waals surface area (Å²) < 4.78 is 7.99. The average Bonchev–Trinajstić information content (AvgIpc) is 3.05. The molecule has 0 radical (unpaired) electrons. The van der Waals surface area contributed by atoms with Crippen LogP contribution in [-0.2, 0) is 18.2 Å². The van der Waals surface area contributed by atoms with Crippen LogP contribution in [0.15, 0.2) is 6.20 Å². The molecule has 0 aromatic carbocycles. The normalized spacial score (nSPS) is 34.5. The Morgan fingerprint density at radius 1 is 1.32 bits per heavy atom. The molecular weight excluding hydrogens is 238 g/mol. The maximum absolute atomic E-state index is 5.94. The summed E-state index contributed by atoms with van der Waals surface area (Å²) in [4.78, 5) is 0. The third-order valence-electron chi connectivity index (χ3n) is 5.01. The highest BCUT2D eigenvalue weighted by molar-refractivity contribution is 5.25. The van der Waals surface area contributed by atoms with E-state index in [1.54, 1.807) is 0 Å². The molecule has 1 N–H and O–H groups in total. The van der Waals surface area contributed by atoms with Crippen molar-refractivity contribution in [1.29, 1.82) is 0 Å². The molecule has 3 atom stereocenters. The first-order valence-corrected chi connectivity index (χ1v) is 7.71. The molecule has 3 unspecified atom stereocenters. The summed E-state index contributed by atoms with van der Waals surface area (Å²) in [7, 11) is 2.06. The summed E-state index contributed by atoms with van der Waals surface area (Å²) in [5.41, 5.74) is 2.85. The van der Waals surface area contributed by atoms with E-state index in [2.05, 4.69) is 23.7 Å². The van der Waals surface area contributed by atoms with E-state index in [9.17, 15) is 0 Å². The van der Waals surface area contributed by atoms with Crippen molar-refractivity contribution in [3.05, 3.63) is 17.5 Å². The van der Waals surface area contributed by atoms with Crippen molar-refractivity contribution in [3.63, 3.8) is 0 Å². The van der Waals surface area contributed by atoms with Gasteiger partial charge in [-0.25, -0.2) is 0 Å². The lowest BCUT2D eigenvalue weighted by Crippen LogP contribution is -2.40. The fourth-order valence-electron chi connectivity index (χ4n) is 3.82. The molecule has 4 rings (SSSR count). The summed E-state index contributed by atoms with van der Waals surface area (Å²) in [5.74, 6) is 0.831. The van der Waals surface area contributed by atoms with Gasteiger partial charge in [-0.1, -0.05) is 0 Å². The van der Waals surface area contributed by atoms with Crippen LogP contribution in [0, 0.1) is 5.92 Å². The minimum absolute atomic E-state index is 0.474. The Balaban J connectivity index is 1.51. The Labute approximate surface area is 114 Å². The second-order valence-corrected chi connectivity index (χ2v) is 6.35. The fourth-order valence-corrected chi connectivity index (χ4v) is 3.82. The second-order valence-electron chi connectivity index (χ2n) is 6.35. The highest BCUT2D eigenvalue weighted by Crippen LogP contribution is 2.40. The van der Waals surface area contributed by atoms with E-state index in [0.717, 1.165) is 12.5 Å². The highest BCUT2D eigenvalue weighted by Gasteiger charge is 2.41. The second kappa shape index (κ2) is 4.60. The molecule has 1 saturated carbocycles. The molecular formula is C15H23N3O. The van der Waals surface area contributed by atoms with E-state index in [4.69, 9.17) is 4.74 Å². The maximum Gasteiger partial charge on any atom is 0.0757 e. The predicted octanol–water partition coefficient (Wildman–Crippen LogP) is 1.95. The molecule has 19 heavy (non-hydrogen) atoms. The van der Waals surface area contributed by atoms with Crippen molar-refractivity contribution in [2.75, 3.05) is 6.61 Å². The molecule has 104 valence electrons. The number of hydrogen-bond acceptors (Lipinski definition) is 3. The van der Waals surface area contributed by atoms with Gasteiger partial charge in [-0.05, 0) is 44.4 Å². The average molecular weight is 261 g/mol. The molecule has 0 bridgehead atoms. The van der Waals surface area contributed by atoms with E-state index < -0.39 is 0 Å². The van der Waals surface area contributed by atoms with Crippen LogP contribution in [0.3, 0.4) is 0 Å². The van der Waals surface area contributed by atoms with E-state index in [1.165, 1.54) is 49.8 Å². The van der Waals surface area contributed by atoms with Gasteiger partial charge >= 0.3 is 0 Å². The third kappa shape index (κ3) is 2.11. The van der Waals surface area contributed by atoms with Gasteiger partial charge in [-0.15, -0.1) is 0 Å². The van der Waals surface area contributed by atoms with Gasteiger partial charge in [0, 0.05) is 37.0 Å². The molecule has 4 nitrogen and oxygen atoms in total. The quantitative estimate of drug-likeness (QED) is 0.904. The van der Waals surface area contributed by atoms with Gasteiger partial charge in [-0.2, -0.15) is 5.10 Å². The molecule has 1 saturated heterocycles. The van der Waals surface area contributed by atoms with E-state index >= 15 is 0 Å². The van der Waals surface area contributed by atoms with Gasteiger partial charge in [0.2, 0.25) is 0 Å². The first kappa shape index (κ1) is 11.9. The van der Waals surface area contributed by atoms with Gasteiger partial charge in [-0.3, -0.25) is 4.68 Å². The smallest absolute Gasteiger partial charge is 0.0757 e. The first-order chi connectivity index (χ1) is 9.33. The van der Waals surface area contributed by atoms with Crippen LogP contribution in [0.4, 0.5) is 0 Å². The molecule has 4 heteroatoms. The molecule has 2 fully saturated rings. The van der Waals surface area contributed by atoms with Gasteiger partial charge in [0.15, 0.2) is 0 Å². The van der Waals surface area contributed by atoms with Gasteiger partial charge in [0.25, 0.3) is 0 Å². The lowest BCUT2D eigenvalue weighted by molar-refractivity contribution is 0.0783. The van der Waals surface area contributed by atoms with Crippen LogP contribution < -0.4 is 5.32 Å². The standard InChI is InChI=1S/C15H23N3O/c1-18-14-4-2-3-12(11(14)9-16-18)17-13-7-8-19-15(13)10-5-6-10/h9-10,12-13,15,17H,2-8H2,1H3. The van der Waals surface area contributed by atoms with E-state index in [1.807, 2.05) is 4.68 Å². The number of aromatic nitrogens is 2. The topological polar surface area (TPSA) is 39.1 Å². The summed E-state index contributed by atoms with van der Waals surface area (Å²) >= 11 is 0. The molecule has 0 amide bonds. The molecule has 1 aliphatic heterocycles. The van der Waals surface area contributed by atoms with Crippen molar-refractivity contribution < 1.29 is 4.74 Å². The Kier molecular flexibility index (Phi) is 2.88. The largest absolute Gasteiger partial charge is 0.376 e. The molecule has 2 aliphatic carbocycles. The van der Waals surface area contributed by atoms with Gasteiger partial charge < -0.3 is 10.1 Å². The van der Waals surface area contributed by atoms with Crippen molar-refractivity contribution in [2.45, 2.75) is 56.7 Å². The summed E-state index contributed by atoms with van der Waals surface area (Å²) in [5, 5.41) is 8.32. The van der Waals surface area contributed by atoms with E-state index in [-0.39, 0.29) is 0 Å².